The van der Waals surface area contributed by atoms with Crippen LogP contribution in [0.15, 0.2) is 36.4 Å². The second-order valence-corrected chi connectivity index (χ2v) is 6.13. The van der Waals surface area contributed by atoms with Crippen LogP contribution in [0.1, 0.15) is 32.3 Å². The number of esters is 1. The predicted octanol–water partition coefficient (Wildman–Crippen LogP) is 3.12. The number of benzene rings is 1. The molecule has 0 radical (unpaired) electrons. The second kappa shape index (κ2) is 8.08. The van der Waals surface area contributed by atoms with Gasteiger partial charge in [-0.05, 0) is 50.8 Å². The largest absolute Gasteiger partial charge is 0.466 e. The van der Waals surface area contributed by atoms with Gasteiger partial charge in [-0.1, -0.05) is 24.3 Å². The number of hydrogen-bond donors (Lipinski definition) is 0. The smallest absolute Gasteiger partial charge is 0.314 e. The highest BCUT2D eigenvalue weighted by molar-refractivity contribution is 5.88. The van der Waals surface area contributed by atoms with Crippen molar-refractivity contribution in [3.05, 3.63) is 47.8 Å². The van der Waals surface area contributed by atoms with Gasteiger partial charge in [0.1, 0.15) is 5.82 Å². The van der Waals surface area contributed by atoms with Crippen LogP contribution >= 0.6 is 0 Å². The van der Waals surface area contributed by atoms with E-state index >= 15 is 0 Å². The molecule has 1 atom stereocenters. The molecule has 4 nitrogen and oxygen atoms in total. The standard InChI is InChI=1S/C19H24FNO3/c1-3-8-17(22)21-12-7-11-19(14-21,18(23)24-4-2)13-15-9-5-6-10-16(15)20/h3,5-6,8-10H,4,7,11-14H2,1-2H3. The van der Waals surface area contributed by atoms with Gasteiger partial charge in [0.15, 0.2) is 0 Å². The molecule has 1 amide bonds. The van der Waals surface area contributed by atoms with Crippen molar-refractivity contribution in [2.24, 2.45) is 5.41 Å². The van der Waals surface area contributed by atoms with Gasteiger partial charge in [-0.25, -0.2) is 4.39 Å². The summed E-state index contributed by atoms with van der Waals surface area (Å²) in [6, 6.07) is 6.45. The molecule has 1 aliphatic heterocycles. The average molecular weight is 333 g/mol. The summed E-state index contributed by atoms with van der Waals surface area (Å²) in [6.45, 7) is 4.64. The molecule has 1 aliphatic rings. The van der Waals surface area contributed by atoms with Crippen molar-refractivity contribution in [3.8, 4) is 0 Å². The summed E-state index contributed by atoms with van der Waals surface area (Å²) < 4.78 is 19.4. The first kappa shape index (κ1) is 18.2. The lowest BCUT2D eigenvalue weighted by atomic mass is 9.75. The summed E-state index contributed by atoms with van der Waals surface area (Å²) >= 11 is 0. The Bertz CT molecular complexity index is 629. The molecule has 1 fully saturated rings. The van der Waals surface area contributed by atoms with E-state index in [1.54, 1.807) is 43.0 Å². The van der Waals surface area contributed by atoms with Crippen molar-refractivity contribution in [2.45, 2.75) is 33.1 Å². The van der Waals surface area contributed by atoms with E-state index in [4.69, 9.17) is 4.74 Å². The molecule has 130 valence electrons. The fourth-order valence-corrected chi connectivity index (χ4v) is 3.24. The van der Waals surface area contributed by atoms with Crippen molar-refractivity contribution in [1.82, 2.24) is 4.90 Å². The topological polar surface area (TPSA) is 46.6 Å². The molecule has 0 spiro atoms. The molecule has 0 aliphatic carbocycles. The molecule has 0 aromatic heterocycles. The van der Waals surface area contributed by atoms with E-state index in [0.29, 0.717) is 24.9 Å². The zero-order chi connectivity index (χ0) is 17.6. The number of rotatable bonds is 5. The number of nitrogens with zero attached hydrogens (tertiary/aromatic N) is 1. The molecular weight excluding hydrogens is 309 g/mol. The summed E-state index contributed by atoms with van der Waals surface area (Å²) in [5, 5.41) is 0. The number of piperidine rings is 1. The third kappa shape index (κ3) is 4.02. The van der Waals surface area contributed by atoms with Crippen LogP contribution in [0.2, 0.25) is 0 Å². The van der Waals surface area contributed by atoms with Gasteiger partial charge in [0.2, 0.25) is 5.91 Å². The quantitative estimate of drug-likeness (QED) is 0.614. The SMILES string of the molecule is CC=CC(=O)N1CCCC(Cc2ccccc2F)(C(=O)OCC)C1. The van der Waals surface area contributed by atoms with Crippen LogP contribution < -0.4 is 0 Å². The summed E-state index contributed by atoms with van der Waals surface area (Å²) in [7, 11) is 0. The Morgan fingerprint density at radius 1 is 1.38 bits per heavy atom. The summed E-state index contributed by atoms with van der Waals surface area (Å²) in [4.78, 5) is 26.5. The molecule has 5 heteroatoms. The molecule has 1 heterocycles. The van der Waals surface area contributed by atoms with E-state index in [2.05, 4.69) is 0 Å². The molecule has 0 bridgehead atoms. The second-order valence-electron chi connectivity index (χ2n) is 6.13. The first-order valence-corrected chi connectivity index (χ1v) is 8.34. The highest BCUT2D eigenvalue weighted by Gasteiger charge is 2.44. The Kier molecular flexibility index (Phi) is 6.12. The summed E-state index contributed by atoms with van der Waals surface area (Å²) in [5.74, 6) is -0.816. The summed E-state index contributed by atoms with van der Waals surface area (Å²) in [5.41, 5.74) is -0.417. The fourth-order valence-electron chi connectivity index (χ4n) is 3.24. The zero-order valence-corrected chi connectivity index (χ0v) is 14.3. The minimum atomic E-state index is -0.895. The lowest BCUT2D eigenvalue weighted by molar-refractivity contribution is -0.160. The van der Waals surface area contributed by atoms with Crippen LogP contribution in [0.5, 0.6) is 0 Å². The maximum atomic E-state index is 14.1. The third-order valence-electron chi connectivity index (χ3n) is 4.39. The molecule has 0 saturated carbocycles. The van der Waals surface area contributed by atoms with Crippen molar-refractivity contribution >= 4 is 11.9 Å². The number of amides is 1. The molecule has 1 unspecified atom stereocenters. The van der Waals surface area contributed by atoms with E-state index in [0.717, 1.165) is 0 Å². The van der Waals surface area contributed by atoms with Gasteiger partial charge in [0, 0.05) is 13.1 Å². The highest BCUT2D eigenvalue weighted by atomic mass is 19.1. The van der Waals surface area contributed by atoms with E-state index in [9.17, 15) is 14.0 Å². The van der Waals surface area contributed by atoms with Gasteiger partial charge in [-0.3, -0.25) is 9.59 Å². The predicted molar refractivity (Wildman–Crippen MR) is 89.8 cm³/mol. The van der Waals surface area contributed by atoms with Crippen molar-refractivity contribution in [3.63, 3.8) is 0 Å². The lowest BCUT2D eigenvalue weighted by Crippen LogP contribution is -2.51. The normalized spacial score (nSPS) is 21.0. The van der Waals surface area contributed by atoms with Gasteiger partial charge in [0.05, 0.1) is 12.0 Å². The minimum Gasteiger partial charge on any atom is -0.466 e. The Balaban J connectivity index is 2.31. The number of carbonyl (C=O) groups excluding carboxylic acids is 2. The van der Waals surface area contributed by atoms with E-state index in [-0.39, 0.29) is 37.3 Å². The maximum Gasteiger partial charge on any atom is 0.314 e. The van der Waals surface area contributed by atoms with E-state index < -0.39 is 5.41 Å². The maximum absolute atomic E-state index is 14.1. The monoisotopic (exact) mass is 333 g/mol. The molecule has 24 heavy (non-hydrogen) atoms. The third-order valence-corrected chi connectivity index (χ3v) is 4.39. The molecular formula is C19H24FNO3. The van der Waals surface area contributed by atoms with Gasteiger partial charge >= 0.3 is 5.97 Å². The number of carbonyl (C=O) groups is 2. The molecule has 1 saturated heterocycles. The van der Waals surface area contributed by atoms with Gasteiger partial charge < -0.3 is 9.64 Å². The lowest BCUT2D eigenvalue weighted by Gasteiger charge is -2.40. The first-order chi connectivity index (χ1) is 11.5. The highest BCUT2D eigenvalue weighted by Crippen LogP contribution is 2.36. The molecule has 1 aromatic carbocycles. The average Bonchev–Trinajstić information content (AvgIpc) is 2.57. The number of ether oxygens (including phenoxy) is 1. The van der Waals surface area contributed by atoms with E-state index in [1.165, 1.54) is 12.1 Å². The van der Waals surface area contributed by atoms with Crippen LogP contribution in [0.4, 0.5) is 4.39 Å². The molecule has 2 rings (SSSR count). The van der Waals surface area contributed by atoms with Crippen molar-refractivity contribution in [2.75, 3.05) is 19.7 Å². The Morgan fingerprint density at radius 3 is 2.79 bits per heavy atom. The number of allylic oxidation sites excluding steroid dienone is 1. The van der Waals surface area contributed by atoms with Gasteiger partial charge in [-0.2, -0.15) is 0 Å². The zero-order valence-electron chi connectivity index (χ0n) is 14.3. The van der Waals surface area contributed by atoms with Crippen LogP contribution in [-0.2, 0) is 20.7 Å². The van der Waals surface area contributed by atoms with Crippen LogP contribution in [-0.4, -0.2) is 36.5 Å². The van der Waals surface area contributed by atoms with Crippen LogP contribution in [0.3, 0.4) is 0 Å². The molecule has 0 N–H and O–H groups in total. The van der Waals surface area contributed by atoms with Gasteiger partial charge in [-0.15, -0.1) is 0 Å². The number of hydrogen-bond acceptors (Lipinski definition) is 3. The molecule has 1 aromatic rings. The number of halogens is 1. The minimum absolute atomic E-state index is 0.126. The van der Waals surface area contributed by atoms with E-state index in [1.807, 2.05) is 0 Å². The van der Waals surface area contributed by atoms with Crippen molar-refractivity contribution in [1.29, 1.82) is 0 Å². The Hall–Kier alpha value is -2.17. The van der Waals surface area contributed by atoms with Crippen molar-refractivity contribution < 1.29 is 18.7 Å². The van der Waals surface area contributed by atoms with Crippen LogP contribution in [0, 0.1) is 11.2 Å². The van der Waals surface area contributed by atoms with Crippen LogP contribution in [0.25, 0.3) is 0 Å². The Labute approximate surface area is 142 Å². The first-order valence-electron chi connectivity index (χ1n) is 8.34. The Morgan fingerprint density at radius 2 is 2.12 bits per heavy atom. The summed E-state index contributed by atoms with van der Waals surface area (Å²) in [6.07, 6.45) is 4.68. The fraction of sp³-hybridized carbons (Fsp3) is 0.474. The number of likely N-dealkylation sites (tertiary alicyclic amines) is 1. The van der Waals surface area contributed by atoms with Gasteiger partial charge in [0.25, 0.3) is 0 Å².